The van der Waals surface area contributed by atoms with E-state index in [-0.39, 0.29) is 5.91 Å². The average Bonchev–Trinajstić information content (AvgIpc) is 2.55. The van der Waals surface area contributed by atoms with Crippen LogP contribution in [0.4, 0.5) is 5.69 Å². The van der Waals surface area contributed by atoms with Crippen LogP contribution < -0.4 is 5.32 Å². The van der Waals surface area contributed by atoms with E-state index in [0.717, 1.165) is 39.5 Å². The highest BCUT2D eigenvalue weighted by molar-refractivity contribution is 6.48. The minimum atomic E-state index is -0.00112. The van der Waals surface area contributed by atoms with E-state index in [2.05, 4.69) is 17.2 Å². The lowest BCUT2D eigenvalue weighted by molar-refractivity contribution is -0.115. The van der Waals surface area contributed by atoms with Gasteiger partial charge in [0.15, 0.2) is 0 Å². The Labute approximate surface area is 142 Å². The van der Waals surface area contributed by atoms with Crippen molar-refractivity contribution in [2.45, 2.75) is 33.6 Å². The molecule has 0 aliphatic rings. The average molecular weight is 329 g/mol. The van der Waals surface area contributed by atoms with Crippen molar-refractivity contribution in [1.82, 2.24) is 4.98 Å². The number of carbonyl (C=O) groups excluding carboxylic acids is 1. The van der Waals surface area contributed by atoms with Crippen molar-refractivity contribution in [1.29, 1.82) is 0 Å². The van der Waals surface area contributed by atoms with Crippen molar-refractivity contribution in [2.24, 2.45) is 0 Å². The molecule has 1 amide bonds. The van der Waals surface area contributed by atoms with Crippen LogP contribution >= 0.6 is 11.6 Å². The Morgan fingerprint density at radius 3 is 2.74 bits per heavy atom. The molecule has 0 atom stereocenters. The van der Waals surface area contributed by atoms with Gasteiger partial charge < -0.3 is 5.32 Å². The summed E-state index contributed by atoms with van der Waals surface area (Å²) in [6.07, 6.45) is 5.14. The standard InChI is InChI=1S/C19H21ClN2O/c1-4-7-18(20)17-11-15(12-21-13(17)3)14-8-6-9-16(10-14)22-19(23)5-2/h6-12H,4-5H2,1-3H3,(H,22,23)/b18-7+. The second-order valence-electron chi connectivity index (χ2n) is 5.30. The molecule has 1 N–H and O–H groups in total. The Bertz CT molecular complexity index is 738. The number of nitrogens with zero attached hydrogens (tertiary/aromatic N) is 1. The Morgan fingerprint density at radius 1 is 1.26 bits per heavy atom. The van der Waals surface area contributed by atoms with E-state index in [1.807, 2.05) is 56.5 Å². The molecule has 0 saturated heterocycles. The van der Waals surface area contributed by atoms with E-state index in [1.54, 1.807) is 0 Å². The summed E-state index contributed by atoms with van der Waals surface area (Å²) in [5.74, 6) is -0.00112. The summed E-state index contributed by atoms with van der Waals surface area (Å²) < 4.78 is 0. The van der Waals surface area contributed by atoms with E-state index in [1.165, 1.54) is 0 Å². The molecular formula is C19H21ClN2O. The SMILES string of the molecule is CC/C=C(/Cl)c1cc(-c2cccc(NC(=O)CC)c2)cnc1C. The molecular weight excluding hydrogens is 308 g/mol. The lowest BCUT2D eigenvalue weighted by Crippen LogP contribution is -2.09. The van der Waals surface area contributed by atoms with Gasteiger partial charge in [0.05, 0.1) is 0 Å². The molecule has 2 aromatic rings. The molecule has 3 nitrogen and oxygen atoms in total. The molecule has 23 heavy (non-hydrogen) atoms. The Kier molecular flexibility index (Phi) is 5.94. The van der Waals surface area contributed by atoms with Crippen molar-refractivity contribution >= 4 is 28.2 Å². The third-order valence-corrected chi connectivity index (χ3v) is 3.89. The zero-order valence-electron chi connectivity index (χ0n) is 13.7. The van der Waals surface area contributed by atoms with Crippen LogP contribution in [0.25, 0.3) is 16.2 Å². The highest BCUT2D eigenvalue weighted by atomic mass is 35.5. The van der Waals surface area contributed by atoms with Gasteiger partial charge in [-0.1, -0.05) is 43.7 Å². The topological polar surface area (TPSA) is 42.0 Å². The largest absolute Gasteiger partial charge is 0.326 e. The van der Waals surface area contributed by atoms with Crippen LogP contribution in [0.1, 0.15) is 37.9 Å². The lowest BCUT2D eigenvalue weighted by atomic mass is 10.0. The number of allylic oxidation sites excluding steroid dienone is 1. The quantitative estimate of drug-likeness (QED) is 0.799. The van der Waals surface area contributed by atoms with Gasteiger partial charge in [-0.25, -0.2) is 0 Å². The number of halogens is 1. The first-order valence-corrected chi connectivity index (χ1v) is 8.15. The summed E-state index contributed by atoms with van der Waals surface area (Å²) in [4.78, 5) is 16.0. The molecule has 0 radical (unpaired) electrons. The van der Waals surface area contributed by atoms with Gasteiger partial charge in [-0.15, -0.1) is 0 Å². The van der Waals surface area contributed by atoms with E-state index in [9.17, 15) is 4.79 Å². The number of carbonyl (C=O) groups is 1. The van der Waals surface area contributed by atoms with Gasteiger partial charge in [0.2, 0.25) is 5.91 Å². The minimum Gasteiger partial charge on any atom is -0.326 e. The maximum absolute atomic E-state index is 11.5. The number of hydrogen-bond acceptors (Lipinski definition) is 2. The Balaban J connectivity index is 2.39. The number of aromatic nitrogens is 1. The molecule has 0 bridgehead atoms. The summed E-state index contributed by atoms with van der Waals surface area (Å²) in [5.41, 5.74) is 4.59. The van der Waals surface area contributed by atoms with Crippen molar-refractivity contribution in [3.63, 3.8) is 0 Å². The van der Waals surface area contributed by atoms with Crippen LogP contribution in [0.3, 0.4) is 0 Å². The highest BCUT2D eigenvalue weighted by Gasteiger charge is 2.08. The molecule has 0 aliphatic carbocycles. The van der Waals surface area contributed by atoms with Gasteiger partial charge in [0.25, 0.3) is 0 Å². The number of benzene rings is 1. The summed E-state index contributed by atoms with van der Waals surface area (Å²) in [5, 5.41) is 3.59. The Hall–Kier alpha value is -2.13. The van der Waals surface area contributed by atoms with Crippen molar-refractivity contribution in [3.8, 4) is 11.1 Å². The van der Waals surface area contributed by atoms with Crippen molar-refractivity contribution in [2.75, 3.05) is 5.32 Å². The summed E-state index contributed by atoms with van der Waals surface area (Å²) in [7, 11) is 0. The fourth-order valence-corrected chi connectivity index (χ4v) is 2.59. The van der Waals surface area contributed by atoms with E-state index >= 15 is 0 Å². The molecule has 0 saturated carbocycles. The maximum Gasteiger partial charge on any atom is 0.224 e. The maximum atomic E-state index is 11.5. The van der Waals surface area contributed by atoms with E-state index < -0.39 is 0 Å². The molecule has 2 rings (SSSR count). The number of anilines is 1. The van der Waals surface area contributed by atoms with Crippen molar-refractivity contribution in [3.05, 3.63) is 53.9 Å². The number of rotatable bonds is 5. The van der Waals surface area contributed by atoms with E-state index in [4.69, 9.17) is 11.6 Å². The first-order valence-electron chi connectivity index (χ1n) is 7.78. The summed E-state index contributed by atoms with van der Waals surface area (Å²) in [6.45, 7) is 5.83. The van der Waals surface area contributed by atoms with Crippen molar-refractivity contribution < 1.29 is 4.79 Å². The second-order valence-corrected chi connectivity index (χ2v) is 5.71. The molecule has 0 spiro atoms. The smallest absolute Gasteiger partial charge is 0.224 e. The van der Waals surface area contributed by atoms with Crippen LogP contribution in [0.15, 0.2) is 42.6 Å². The van der Waals surface area contributed by atoms with E-state index in [0.29, 0.717) is 6.42 Å². The summed E-state index contributed by atoms with van der Waals surface area (Å²) >= 11 is 6.35. The third-order valence-electron chi connectivity index (χ3n) is 3.53. The van der Waals surface area contributed by atoms with Crippen LogP contribution in [0, 0.1) is 6.92 Å². The van der Waals surface area contributed by atoms with Gasteiger partial charge in [-0.2, -0.15) is 0 Å². The fourth-order valence-electron chi connectivity index (χ4n) is 2.25. The van der Waals surface area contributed by atoms with Gasteiger partial charge in [0.1, 0.15) is 0 Å². The molecule has 0 aliphatic heterocycles. The number of amides is 1. The minimum absolute atomic E-state index is 0.00112. The normalized spacial score (nSPS) is 11.4. The number of nitrogens with one attached hydrogen (secondary N) is 1. The van der Waals surface area contributed by atoms with Crippen LogP contribution in [-0.2, 0) is 4.79 Å². The first kappa shape index (κ1) is 17.2. The Morgan fingerprint density at radius 2 is 2.04 bits per heavy atom. The molecule has 1 aromatic carbocycles. The number of hydrogen-bond donors (Lipinski definition) is 1. The third kappa shape index (κ3) is 4.42. The van der Waals surface area contributed by atoms with Gasteiger partial charge in [-0.05, 0) is 37.1 Å². The molecule has 0 unspecified atom stereocenters. The highest BCUT2D eigenvalue weighted by Crippen LogP contribution is 2.28. The van der Waals surface area contributed by atoms with Crippen LogP contribution in [0.2, 0.25) is 0 Å². The number of pyridine rings is 1. The number of aryl methyl sites for hydroxylation is 1. The monoisotopic (exact) mass is 328 g/mol. The molecule has 4 heteroatoms. The predicted molar refractivity (Wildman–Crippen MR) is 97.5 cm³/mol. The molecule has 0 fully saturated rings. The zero-order chi connectivity index (χ0) is 16.8. The van der Waals surface area contributed by atoms with Gasteiger partial charge >= 0.3 is 0 Å². The van der Waals surface area contributed by atoms with Gasteiger partial charge in [0, 0.05) is 40.2 Å². The van der Waals surface area contributed by atoms with Crippen LogP contribution in [-0.4, -0.2) is 10.9 Å². The molecule has 1 aromatic heterocycles. The lowest BCUT2D eigenvalue weighted by Gasteiger charge is -2.10. The molecule has 1 heterocycles. The zero-order valence-corrected chi connectivity index (χ0v) is 14.4. The fraction of sp³-hybridized carbons (Fsp3) is 0.263. The second kappa shape index (κ2) is 7.93. The molecule has 120 valence electrons. The van der Waals surface area contributed by atoms with Crippen LogP contribution in [0.5, 0.6) is 0 Å². The summed E-state index contributed by atoms with van der Waals surface area (Å²) in [6, 6.07) is 9.78. The van der Waals surface area contributed by atoms with Gasteiger partial charge in [-0.3, -0.25) is 9.78 Å². The first-order chi connectivity index (χ1) is 11.0. The predicted octanol–water partition coefficient (Wildman–Crippen LogP) is 5.40.